The van der Waals surface area contributed by atoms with Crippen LogP contribution in [0.3, 0.4) is 0 Å². The molecule has 5 heteroatoms. The molecule has 116 valence electrons. The van der Waals surface area contributed by atoms with Crippen molar-refractivity contribution in [3.63, 3.8) is 0 Å². The zero-order valence-electron chi connectivity index (χ0n) is 12.9. The predicted molar refractivity (Wildman–Crippen MR) is 86.4 cm³/mol. The van der Waals surface area contributed by atoms with Crippen LogP contribution in [0.4, 0.5) is 0 Å². The SMILES string of the molecule is Cc1ccc(-c2cn[nH]c2C2CCCN(C(=O)CN)C2)cc1. The van der Waals surface area contributed by atoms with Gasteiger partial charge >= 0.3 is 0 Å². The van der Waals surface area contributed by atoms with Crippen LogP contribution in [-0.2, 0) is 4.79 Å². The molecule has 3 rings (SSSR count). The lowest BCUT2D eigenvalue weighted by Gasteiger charge is -2.32. The minimum Gasteiger partial charge on any atom is -0.341 e. The molecule has 1 aromatic carbocycles. The van der Waals surface area contributed by atoms with E-state index in [-0.39, 0.29) is 12.5 Å². The van der Waals surface area contributed by atoms with Crippen LogP contribution in [0.5, 0.6) is 0 Å². The summed E-state index contributed by atoms with van der Waals surface area (Å²) in [5.41, 5.74) is 10.2. The molecule has 1 aliphatic rings. The molecule has 1 aromatic heterocycles. The van der Waals surface area contributed by atoms with Crippen molar-refractivity contribution < 1.29 is 4.79 Å². The number of benzene rings is 1. The molecule has 1 saturated heterocycles. The smallest absolute Gasteiger partial charge is 0.236 e. The van der Waals surface area contributed by atoms with E-state index in [0.29, 0.717) is 5.92 Å². The number of aryl methyl sites for hydroxylation is 1. The van der Waals surface area contributed by atoms with Crippen molar-refractivity contribution in [1.82, 2.24) is 15.1 Å². The van der Waals surface area contributed by atoms with Gasteiger partial charge in [0.25, 0.3) is 0 Å². The molecule has 1 atom stereocenters. The Morgan fingerprint density at radius 1 is 1.41 bits per heavy atom. The summed E-state index contributed by atoms with van der Waals surface area (Å²) < 4.78 is 0. The average molecular weight is 298 g/mol. The Kier molecular flexibility index (Phi) is 4.24. The van der Waals surface area contributed by atoms with Gasteiger partial charge in [0.15, 0.2) is 0 Å². The first-order valence-electron chi connectivity index (χ1n) is 7.77. The zero-order valence-corrected chi connectivity index (χ0v) is 12.9. The van der Waals surface area contributed by atoms with Crippen LogP contribution in [0.2, 0.25) is 0 Å². The van der Waals surface area contributed by atoms with Gasteiger partial charge in [0, 0.05) is 30.3 Å². The minimum atomic E-state index is 0.0288. The number of likely N-dealkylation sites (tertiary alicyclic amines) is 1. The quantitative estimate of drug-likeness (QED) is 0.910. The number of nitrogens with two attached hydrogens (primary N) is 1. The van der Waals surface area contributed by atoms with Gasteiger partial charge in [-0.2, -0.15) is 5.10 Å². The minimum absolute atomic E-state index is 0.0288. The molecular weight excluding hydrogens is 276 g/mol. The first-order chi connectivity index (χ1) is 10.7. The Morgan fingerprint density at radius 3 is 2.91 bits per heavy atom. The van der Waals surface area contributed by atoms with Crippen molar-refractivity contribution >= 4 is 5.91 Å². The molecule has 2 heterocycles. The lowest BCUT2D eigenvalue weighted by Crippen LogP contribution is -2.42. The highest BCUT2D eigenvalue weighted by molar-refractivity contribution is 5.78. The number of hydrogen-bond donors (Lipinski definition) is 2. The maximum Gasteiger partial charge on any atom is 0.236 e. The molecule has 5 nitrogen and oxygen atoms in total. The lowest BCUT2D eigenvalue weighted by molar-refractivity contribution is -0.130. The highest BCUT2D eigenvalue weighted by Crippen LogP contribution is 2.33. The molecule has 1 fully saturated rings. The van der Waals surface area contributed by atoms with Gasteiger partial charge in [0.05, 0.1) is 12.7 Å². The van der Waals surface area contributed by atoms with Gasteiger partial charge in [-0.15, -0.1) is 0 Å². The van der Waals surface area contributed by atoms with Crippen LogP contribution in [0.1, 0.15) is 30.0 Å². The summed E-state index contributed by atoms with van der Waals surface area (Å²) >= 11 is 0. The highest BCUT2D eigenvalue weighted by atomic mass is 16.2. The molecule has 0 saturated carbocycles. The van der Waals surface area contributed by atoms with Gasteiger partial charge < -0.3 is 10.6 Å². The Morgan fingerprint density at radius 2 is 2.18 bits per heavy atom. The maximum atomic E-state index is 11.8. The molecule has 0 aliphatic carbocycles. The van der Waals surface area contributed by atoms with Crippen molar-refractivity contribution in [2.45, 2.75) is 25.7 Å². The summed E-state index contributed by atoms with van der Waals surface area (Å²) in [5.74, 6) is 0.323. The molecular formula is C17H22N4O. The van der Waals surface area contributed by atoms with E-state index in [9.17, 15) is 4.79 Å². The summed E-state index contributed by atoms with van der Waals surface area (Å²) in [4.78, 5) is 13.7. The molecule has 0 spiro atoms. The average Bonchev–Trinajstić information content (AvgIpc) is 3.04. The first kappa shape index (κ1) is 14.8. The van der Waals surface area contributed by atoms with Crippen LogP contribution in [0, 0.1) is 6.92 Å². The second kappa shape index (κ2) is 6.32. The third-order valence-electron chi connectivity index (χ3n) is 4.39. The van der Waals surface area contributed by atoms with Gasteiger partial charge in [-0.25, -0.2) is 0 Å². The summed E-state index contributed by atoms with van der Waals surface area (Å²) in [6, 6.07) is 8.46. The topological polar surface area (TPSA) is 75.0 Å². The van der Waals surface area contributed by atoms with Crippen LogP contribution in [0.15, 0.2) is 30.5 Å². The molecule has 1 aliphatic heterocycles. The number of amides is 1. The van der Waals surface area contributed by atoms with Gasteiger partial charge in [-0.1, -0.05) is 29.8 Å². The summed E-state index contributed by atoms with van der Waals surface area (Å²) in [6.45, 7) is 3.69. The van der Waals surface area contributed by atoms with Crippen LogP contribution in [-0.4, -0.2) is 40.6 Å². The molecule has 3 N–H and O–H groups in total. The molecule has 22 heavy (non-hydrogen) atoms. The van der Waals surface area contributed by atoms with Crippen molar-refractivity contribution in [3.8, 4) is 11.1 Å². The molecule has 1 amide bonds. The van der Waals surface area contributed by atoms with E-state index in [0.717, 1.165) is 42.8 Å². The van der Waals surface area contributed by atoms with E-state index >= 15 is 0 Å². The standard InChI is InChI=1S/C17H22N4O/c1-12-4-6-13(7-5-12)15-10-19-20-17(15)14-3-2-8-21(11-14)16(22)9-18/h4-7,10,14H,2-3,8-9,11,18H2,1H3,(H,19,20). The van der Waals surface area contributed by atoms with Crippen molar-refractivity contribution in [1.29, 1.82) is 0 Å². The van der Waals surface area contributed by atoms with E-state index in [1.807, 2.05) is 11.1 Å². The fraction of sp³-hybridized carbons (Fsp3) is 0.412. The molecule has 0 radical (unpaired) electrons. The summed E-state index contributed by atoms with van der Waals surface area (Å²) in [7, 11) is 0. The van der Waals surface area contributed by atoms with Gasteiger partial charge in [0.1, 0.15) is 0 Å². The Labute approximate surface area is 130 Å². The third kappa shape index (κ3) is 2.90. The van der Waals surface area contributed by atoms with Crippen LogP contribution in [0.25, 0.3) is 11.1 Å². The third-order valence-corrected chi connectivity index (χ3v) is 4.39. The van der Waals surface area contributed by atoms with Crippen molar-refractivity contribution in [2.75, 3.05) is 19.6 Å². The fourth-order valence-corrected chi connectivity index (χ4v) is 3.14. The van der Waals surface area contributed by atoms with Crippen molar-refractivity contribution in [2.24, 2.45) is 5.73 Å². The number of nitrogens with one attached hydrogen (secondary N) is 1. The summed E-state index contributed by atoms with van der Waals surface area (Å²) in [6.07, 6.45) is 3.95. The second-order valence-corrected chi connectivity index (χ2v) is 5.95. The fourth-order valence-electron chi connectivity index (χ4n) is 3.14. The number of aromatic amines is 1. The van der Waals surface area contributed by atoms with E-state index in [2.05, 4.69) is 41.4 Å². The predicted octanol–water partition coefficient (Wildman–Crippen LogP) is 2.05. The monoisotopic (exact) mass is 298 g/mol. The number of hydrogen-bond acceptors (Lipinski definition) is 3. The van der Waals surface area contributed by atoms with E-state index in [1.54, 1.807) is 0 Å². The Bertz CT molecular complexity index is 647. The zero-order chi connectivity index (χ0) is 15.5. The van der Waals surface area contributed by atoms with Crippen LogP contribution < -0.4 is 5.73 Å². The number of H-pyrrole nitrogens is 1. The van der Waals surface area contributed by atoms with Crippen molar-refractivity contribution in [3.05, 3.63) is 41.7 Å². The number of rotatable bonds is 3. The first-order valence-corrected chi connectivity index (χ1v) is 7.77. The van der Waals surface area contributed by atoms with E-state index in [1.165, 1.54) is 5.56 Å². The summed E-state index contributed by atoms with van der Waals surface area (Å²) in [5, 5.41) is 7.38. The normalized spacial score (nSPS) is 18.5. The number of piperidine rings is 1. The van der Waals surface area contributed by atoms with E-state index in [4.69, 9.17) is 5.73 Å². The molecule has 1 unspecified atom stereocenters. The number of carbonyl (C=O) groups excluding carboxylic acids is 1. The maximum absolute atomic E-state index is 11.8. The van der Waals surface area contributed by atoms with Gasteiger partial charge in [-0.3, -0.25) is 9.89 Å². The van der Waals surface area contributed by atoms with Crippen LogP contribution >= 0.6 is 0 Å². The largest absolute Gasteiger partial charge is 0.341 e. The van der Waals surface area contributed by atoms with Gasteiger partial charge in [-0.05, 0) is 25.3 Å². The molecule has 0 bridgehead atoms. The second-order valence-electron chi connectivity index (χ2n) is 5.95. The Balaban J connectivity index is 1.85. The van der Waals surface area contributed by atoms with E-state index < -0.39 is 0 Å². The lowest BCUT2D eigenvalue weighted by atomic mass is 9.90. The van der Waals surface area contributed by atoms with Gasteiger partial charge in [0.2, 0.25) is 5.91 Å². The Hall–Kier alpha value is -2.14. The number of aromatic nitrogens is 2. The number of carbonyl (C=O) groups is 1. The number of nitrogens with zero attached hydrogens (tertiary/aromatic N) is 2. The highest BCUT2D eigenvalue weighted by Gasteiger charge is 2.27. The molecule has 2 aromatic rings.